The van der Waals surface area contributed by atoms with E-state index >= 15 is 0 Å². The van der Waals surface area contributed by atoms with Crippen molar-refractivity contribution < 1.29 is 4.74 Å². The highest BCUT2D eigenvalue weighted by Crippen LogP contribution is 2.32. The van der Waals surface area contributed by atoms with Crippen LogP contribution in [0.5, 0.6) is 5.75 Å². The second-order valence-electron chi connectivity index (χ2n) is 8.14. The van der Waals surface area contributed by atoms with Crippen molar-refractivity contribution in [1.82, 2.24) is 9.80 Å². The van der Waals surface area contributed by atoms with Crippen molar-refractivity contribution in [3.63, 3.8) is 0 Å². The summed E-state index contributed by atoms with van der Waals surface area (Å²) in [5.41, 5.74) is 6.72. The minimum Gasteiger partial charge on any atom is -0.493 e. The van der Waals surface area contributed by atoms with Crippen LogP contribution in [0, 0.1) is 6.92 Å². The maximum Gasteiger partial charge on any atom is 0.122 e. The predicted octanol–water partition coefficient (Wildman–Crippen LogP) is 5.84. The molecule has 1 fully saturated rings. The number of hydrogen-bond acceptors (Lipinski definition) is 3. The van der Waals surface area contributed by atoms with Gasteiger partial charge >= 0.3 is 0 Å². The van der Waals surface area contributed by atoms with Crippen molar-refractivity contribution in [2.75, 3.05) is 20.7 Å². The van der Waals surface area contributed by atoms with Crippen LogP contribution in [0.1, 0.15) is 37.0 Å². The van der Waals surface area contributed by atoms with E-state index in [4.69, 9.17) is 17.0 Å². The highest BCUT2D eigenvalue weighted by molar-refractivity contribution is 7.80. The van der Waals surface area contributed by atoms with Gasteiger partial charge in [0.05, 0.1) is 12.6 Å². The SMILES string of the molecule is C=C1N(C)C(=S)C(CC(=C(C)C)c2ccccc2C)N1C.c1ccc2c(c1)CCO2. The molecule has 4 heteroatoms. The number of hydrogen-bond donors (Lipinski definition) is 0. The summed E-state index contributed by atoms with van der Waals surface area (Å²) in [4.78, 5) is 5.15. The van der Waals surface area contributed by atoms with E-state index in [9.17, 15) is 0 Å². The lowest BCUT2D eigenvalue weighted by Crippen LogP contribution is -2.29. The average molecular weight is 421 g/mol. The van der Waals surface area contributed by atoms with Gasteiger partial charge in [-0.2, -0.15) is 0 Å². The van der Waals surface area contributed by atoms with Crippen LogP contribution in [0.25, 0.3) is 5.57 Å². The fourth-order valence-corrected chi connectivity index (χ4v) is 4.31. The first-order valence-electron chi connectivity index (χ1n) is 10.4. The molecule has 2 aliphatic rings. The highest BCUT2D eigenvalue weighted by Gasteiger charge is 2.34. The predicted molar refractivity (Wildman–Crippen MR) is 131 cm³/mol. The van der Waals surface area contributed by atoms with Gasteiger partial charge < -0.3 is 14.5 Å². The Bertz CT molecular complexity index is 952. The molecule has 0 radical (unpaired) electrons. The maximum atomic E-state index is 5.61. The van der Waals surface area contributed by atoms with Crippen LogP contribution in [0.2, 0.25) is 0 Å². The van der Waals surface area contributed by atoms with Crippen molar-refractivity contribution in [3.05, 3.63) is 83.2 Å². The van der Waals surface area contributed by atoms with Crippen LogP contribution in [-0.4, -0.2) is 41.5 Å². The topological polar surface area (TPSA) is 15.7 Å². The smallest absolute Gasteiger partial charge is 0.122 e. The van der Waals surface area contributed by atoms with E-state index in [2.05, 4.69) is 69.6 Å². The summed E-state index contributed by atoms with van der Waals surface area (Å²) in [5.74, 6) is 2.04. The summed E-state index contributed by atoms with van der Waals surface area (Å²) in [7, 11) is 4.07. The minimum atomic E-state index is 0.210. The van der Waals surface area contributed by atoms with Crippen LogP contribution in [0.4, 0.5) is 0 Å². The lowest BCUT2D eigenvalue weighted by molar-refractivity contribution is 0.357. The van der Waals surface area contributed by atoms with Gasteiger partial charge in [0.25, 0.3) is 0 Å². The van der Waals surface area contributed by atoms with Crippen molar-refractivity contribution in [2.45, 2.75) is 39.7 Å². The molecule has 0 spiro atoms. The normalized spacial score (nSPS) is 17.3. The van der Waals surface area contributed by atoms with Gasteiger partial charge in [-0.25, -0.2) is 0 Å². The molecule has 0 aliphatic carbocycles. The molecule has 2 aromatic rings. The van der Waals surface area contributed by atoms with E-state index in [-0.39, 0.29) is 6.04 Å². The standard InChI is InChI=1S/C18H24N2S.C8H8O/c1-12(2)16(15-10-8-7-9-13(15)3)11-17-18(21)20(6)14(4)19(17)5;1-2-4-8-7(3-1)5-6-9-8/h7-10,17H,4,11H2,1-3,5-6H3;1-4H,5-6H2. The van der Waals surface area contributed by atoms with Gasteiger partial charge in [0, 0.05) is 20.5 Å². The van der Waals surface area contributed by atoms with Gasteiger partial charge in [-0.15, -0.1) is 0 Å². The summed E-state index contributed by atoms with van der Waals surface area (Å²) >= 11 is 5.61. The van der Waals surface area contributed by atoms with Crippen molar-refractivity contribution in [1.29, 1.82) is 0 Å². The van der Waals surface area contributed by atoms with E-state index in [1.807, 2.05) is 30.1 Å². The molecule has 0 N–H and O–H groups in total. The van der Waals surface area contributed by atoms with E-state index in [0.717, 1.165) is 36.0 Å². The molecule has 4 rings (SSSR count). The van der Waals surface area contributed by atoms with Crippen molar-refractivity contribution in [2.24, 2.45) is 0 Å². The lowest BCUT2D eigenvalue weighted by Gasteiger charge is -2.23. The first kappa shape index (κ1) is 22.1. The third-order valence-electron chi connectivity index (χ3n) is 5.95. The van der Waals surface area contributed by atoms with Gasteiger partial charge in [0.1, 0.15) is 16.6 Å². The first-order valence-corrected chi connectivity index (χ1v) is 10.8. The molecule has 0 amide bonds. The summed E-state index contributed by atoms with van der Waals surface area (Å²) in [6, 6.07) is 17.0. The van der Waals surface area contributed by atoms with Gasteiger partial charge in [0.2, 0.25) is 0 Å². The summed E-state index contributed by atoms with van der Waals surface area (Å²) in [5, 5.41) is 0. The van der Waals surface area contributed by atoms with Gasteiger partial charge in [-0.05, 0) is 55.5 Å². The van der Waals surface area contributed by atoms with Crippen LogP contribution in [0.3, 0.4) is 0 Å². The fourth-order valence-electron chi connectivity index (χ4n) is 3.97. The fraction of sp³-hybridized carbons (Fsp3) is 0.346. The summed E-state index contributed by atoms with van der Waals surface area (Å²) < 4.78 is 5.30. The largest absolute Gasteiger partial charge is 0.493 e. The Kier molecular flexibility index (Phi) is 6.99. The second kappa shape index (κ2) is 9.48. The third-order valence-corrected chi connectivity index (χ3v) is 6.50. The summed E-state index contributed by atoms with van der Waals surface area (Å²) in [6.45, 7) is 11.5. The zero-order valence-electron chi connectivity index (χ0n) is 18.7. The number of aryl methyl sites for hydroxylation is 1. The number of thiocarbonyl (C=S) groups is 1. The van der Waals surface area contributed by atoms with E-state index in [1.54, 1.807) is 0 Å². The van der Waals surface area contributed by atoms with Gasteiger partial charge in [0.15, 0.2) is 0 Å². The quantitative estimate of drug-likeness (QED) is 0.579. The number of rotatable bonds is 3. The average Bonchev–Trinajstić information content (AvgIpc) is 3.28. The Labute approximate surface area is 186 Å². The van der Waals surface area contributed by atoms with E-state index < -0.39 is 0 Å². The van der Waals surface area contributed by atoms with Crippen LogP contribution >= 0.6 is 12.2 Å². The Balaban J connectivity index is 0.000000234. The van der Waals surface area contributed by atoms with E-state index in [0.29, 0.717) is 0 Å². The number of ether oxygens (including phenoxy) is 1. The van der Waals surface area contributed by atoms with Crippen LogP contribution < -0.4 is 4.74 Å². The number of likely N-dealkylation sites (N-methyl/N-ethyl adjacent to an activating group) is 2. The second-order valence-corrected chi connectivity index (χ2v) is 8.56. The third kappa shape index (κ3) is 4.59. The Morgan fingerprint density at radius 1 is 1.10 bits per heavy atom. The number of para-hydroxylation sites is 1. The number of benzene rings is 2. The molecule has 2 aliphatic heterocycles. The zero-order valence-corrected chi connectivity index (χ0v) is 19.6. The molecule has 0 saturated carbocycles. The lowest BCUT2D eigenvalue weighted by atomic mass is 9.91. The Morgan fingerprint density at radius 2 is 1.77 bits per heavy atom. The first-order chi connectivity index (χ1) is 14.3. The van der Waals surface area contributed by atoms with Crippen LogP contribution in [-0.2, 0) is 6.42 Å². The molecule has 1 saturated heterocycles. The Hall–Kier alpha value is -2.59. The molecule has 1 atom stereocenters. The maximum absolute atomic E-state index is 5.61. The van der Waals surface area contributed by atoms with E-state index in [1.165, 1.54) is 27.8 Å². The number of allylic oxidation sites excluding steroid dienone is 1. The molecule has 3 nitrogen and oxygen atoms in total. The summed E-state index contributed by atoms with van der Waals surface area (Å²) in [6.07, 6.45) is 2.00. The monoisotopic (exact) mass is 420 g/mol. The highest BCUT2D eigenvalue weighted by atomic mass is 32.1. The molecule has 0 aromatic heterocycles. The number of fused-ring (bicyclic) bond motifs is 1. The van der Waals surface area contributed by atoms with Gasteiger partial charge in [-0.1, -0.05) is 66.8 Å². The molecular weight excluding hydrogens is 388 g/mol. The molecule has 158 valence electrons. The molecule has 2 heterocycles. The van der Waals surface area contributed by atoms with Gasteiger partial charge in [-0.3, -0.25) is 0 Å². The zero-order chi connectivity index (χ0) is 21.8. The molecule has 2 aromatic carbocycles. The Morgan fingerprint density at radius 3 is 2.37 bits per heavy atom. The molecule has 1 unspecified atom stereocenters. The minimum absolute atomic E-state index is 0.210. The molecule has 0 bridgehead atoms. The van der Waals surface area contributed by atoms with Crippen molar-refractivity contribution in [3.8, 4) is 5.75 Å². The van der Waals surface area contributed by atoms with Crippen molar-refractivity contribution >= 4 is 22.8 Å². The molecule has 30 heavy (non-hydrogen) atoms. The number of nitrogens with zero attached hydrogens (tertiary/aromatic N) is 2. The van der Waals surface area contributed by atoms with Crippen LogP contribution in [0.15, 0.2) is 66.5 Å². The molecular formula is C26H32N2OS.